The number of para-hydroxylation sites is 1. The molecule has 0 fully saturated rings. The van der Waals surface area contributed by atoms with E-state index in [1.807, 2.05) is 0 Å². The second-order valence-electron chi connectivity index (χ2n) is 8.94. The number of hydrogen-bond donors (Lipinski definition) is 1. The molecule has 12 heteroatoms. The van der Waals surface area contributed by atoms with Crippen LogP contribution in [0.15, 0.2) is 54.6 Å². The lowest BCUT2D eigenvalue weighted by Gasteiger charge is -2.34. The third-order valence-corrected chi connectivity index (χ3v) is 7.19. The Bertz CT molecular complexity index is 1520. The first-order valence-corrected chi connectivity index (χ1v) is 12.4. The van der Waals surface area contributed by atoms with Gasteiger partial charge in [-0.2, -0.15) is 13.2 Å². The molecule has 2 heterocycles. The van der Waals surface area contributed by atoms with Gasteiger partial charge in [0.1, 0.15) is 11.6 Å². The zero-order chi connectivity index (χ0) is 28.1. The van der Waals surface area contributed by atoms with Crippen molar-refractivity contribution in [3.8, 4) is 11.1 Å². The van der Waals surface area contributed by atoms with Gasteiger partial charge in [-0.05, 0) is 59.5 Å². The molecule has 2 aliphatic rings. The standard InChI is InChI=1S/C27H18Cl2F5N3O2/c28-20-2-1-3-21(29)24(20)37-23-11-15(14-6-8-36(9-7-14)25(38)27(32,33)34)10-18(19(23)13-35-26(37)39)17-5-4-16(30)12-22(17)31/h1-6,10-12H,7-9,13H2,(H,35,39). The Labute approximate surface area is 229 Å². The summed E-state index contributed by atoms with van der Waals surface area (Å²) in [7, 11) is 0. The zero-order valence-corrected chi connectivity index (χ0v) is 21.4. The molecule has 0 aromatic heterocycles. The van der Waals surface area contributed by atoms with Gasteiger partial charge in [-0.1, -0.05) is 35.3 Å². The van der Waals surface area contributed by atoms with Crippen molar-refractivity contribution in [1.29, 1.82) is 0 Å². The third kappa shape index (κ3) is 5.06. The normalized spacial score (nSPS) is 15.6. The molecule has 39 heavy (non-hydrogen) atoms. The number of benzene rings is 3. The van der Waals surface area contributed by atoms with E-state index in [1.165, 1.54) is 17.0 Å². The van der Waals surface area contributed by atoms with Crippen molar-refractivity contribution in [2.75, 3.05) is 18.0 Å². The smallest absolute Gasteiger partial charge is 0.333 e. The number of carbonyl (C=O) groups is 2. The van der Waals surface area contributed by atoms with Gasteiger partial charge < -0.3 is 10.2 Å². The average Bonchev–Trinajstić information content (AvgIpc) is 2.88. The van der Waals surface area contributed by atoms with Crippen LogP contribution >= 0.6 is 23.2 Å². The monoisotopic (exact) mass is 581 g/mol. The molecule has 3 aromatic carbocycles. The number of halogens is 7. The van der Waals surface area contributed by atoms with Gasteiger partial charge in [0.15, 0.2) is 0 Å². The van der Waals surface area contributed by atoms with Crippen molar-refractivity contribution >= 4 is 52.1 Å². The van der Waals surface area contributed by atoms with Gasteiger partial charge in [-0.25, -0.2) is 13.6 Å². The van der Waals surface area contributed by atoms with Crippen LogP contribution in [0.2, 0.25) is 10.0 Å². The molecule has 0 spiro atoms. The molecule has 2 aliphatic heterocycles. The number of rotatable bonds is 3. The number of carbonyl (C=O) groups excluding carboxylic acids is 2. The first kappa shape index (κ1) is 27.0. The van der Waals surface area contributed by atoms with Crippen molar-refractivity contribution < 1.29 is 31.5 Å². The molecule has 3 aromatic rings. The van der Waals surface area contributed by atoms with E-state index in [4.69, 9.17) is 23.2 Å². The molecule has 3 amide bonds. The summed E-state index contributed by atoms with van der Waals surface area (Å²) >= 11 is 12.8. The van der Waals surface area contributed by atoms with E-state index in [2.05, 4.69) is 5.32 Å². The van der Waals surface area contributed by atoms with Crippen molar-refractivity contribution in [3.63, 3.8) is 0 Å². The molecule has 0 unspecified atom stereocenters. The van der Waals surface area contributed by atoms with Crippen LogP contribution < -0.4 is 10.2 Å². The fourth-order valence-electron chi connectivity index (χ4n) is 4.75. The molecule has 0 saturated carbocycles. The fraction of sp³-hybridized carbons (Fsp3) is 0.185. The van der Waals surface area contributed by atoms with Crippen LogP contribution in [0.5, 0.6) is 0 Å². The van der Waals surface area contributed by atoms with E-state index in [-0.39, 0.29) is 47.4 Å². The summed E-state index contributed by atoms with van der Waals surface area (Å²) in [5.41, 5.74) is 2.45. The number of nitrogens with zero attached hydrogens (tertiary/aromatic N) is 2. The molecule has 0 bridgehead atoms. The summed E-state index contributed by atoms with van der Waals surface area (Å²) in [6, 6.07) is 10.5. The van der Waals surface area contributed by atoms with E-state index < -0.39 is 29.7 Å². The highest BCUT2D eigenvalue weighted by Gasteiger charge is 2.42. The lowest BCUT2D eigenvalue weighted by Crippen LogP contribution is -2.43. The maximum Gasteiger partial charge on any atom is 0.471 e. The topological polar surface area (TPSA) is 52.7 Å². The quantitative estimate of drug-likeness (QED) is 0.326. The minimum Gasteiger partial charge on any atom is -0.333 e. The molecular weight excluding hydrogens is 564 g/mol. The van der Waals surface area contributed by atoms with E-state index in [1.54, 1.807) is 30.3 Å². The number of urea groups is 1. The van der Waals surface area contributed by atoms with Crippen molar-refractivity contribution in [3.05, 3.63) is 87.4 Å². The van der Waals surface area contributed by atoms with Crippen LogP contribution in [0, 0.1) is 11.6 Å². The zero-order valence-electron chi connectivity index (χ0n) is 19.9. The largest absolute Gasteiger partial charge is 0.471 e. The fourth-order valence-corrected chi connectivity index (χ4v) is 5.31. The number of nitrogens with one attached hydrogen (secondary N) is 1. The van der Waals surface area contributed by atoms with Gasteiger partial charge in [0.2, 0.25) is 0 Å². The first-order valence-electron chi connectivity index (χ1n) is 11.7. The lowest BCUT2D eigenvalue weighted by atomic mass is 9.89. The van der Waals surface area contributed by atoms with Gasteiger partial charge in [-0.15, -0.1) is 0 Å². The Kier molecular flexibility index (Phi) is 7.02. The Hall–Kier alpha value is -3.63. The maximum absolute atomic E-state index is 15.0. The first-order chi connectivity index (χ1) is 18.5. The molecule has 202 valence electrons. The molecule has 0 radical (unpaired) electrons. The van der Waals surface area contributed by atoms with Crippen LogP contribution in [-0.2, 0) is 11.3 Å². The van der Waals surface area contributed by atoms with Crippen molar-refractivity contribution in [1.82, 2.24) is 10.2 Å². The molecule has 1 N–H and O–H groups in total. The van der Waals surface area contributed by atoms with Gasteiger partial charge in [-0.3, -0.25) is 9.69 Å². The van der Waals surface area contributed by atoms with Crippen molar-refractivity contribution in [2.45, 2.75) is 19.1 Å². The molecule has 5 rings (SSSR count). The summed E-state index contributed by atoms with van der Waals surface area (Å²) in [6.45, 7) is -0.473. The maximum atomic E-state index is 15.0. The number of hydrogen-bond acceptors (Lipinski definition) is 2. The summed E-state index contributed by atoms with van der Waals surface area (Å²) < 4.78 is 67.5. The van der Waals surface area contributed by atoms with Gasteiger partial charge in [0.25, 0.3) is 0 Å². The Balaban J connectivity index is 1.69. The predicted molar refractivity (Wildman–Crippen MR) is 138 cm³/mol. The van der Waals surface area contributed by atoms with Crippen LogP contribution in [0.1, 0.15) is 17.5 Å². The van der Waals surface area contributed by atoms with Crippen LogP contribution in [0.25, 0.3) is 16.7 Å². The average molecular weight is 582 g/mol. The lowest BCUT2D eigenvalue weighted by molar-refractivity contribution is -0.185. The third-order valence-electron chi connectivity index (χ3n) is 6.58. The molecule has 0 atom stereocenters. The summed E-state index contributed by atoms with van der Waals surface area (Å²) in [6.07, 6.45) is -3.44. The number of fused-ring (bicyclic) bond motifs is 1. The summed E-state index contributed by atoms with van der Waals surface area (Å²) in [5.74, 6) is -3.55. The molecule has 5 nitrogen and oxygen atoms in total. The van der Waals surface area contributed by atoms with Crippen molar-refractivity contribution in [2.24, 2.45) is 0 Å². The molecule has 0 saturated heterocycles. The number of anilines is 2. The molecule has 0 aliphatic carbocycles. The Morgan fingerprint density at radius 3 is 2.31 bits per heavy atom. The van der Waals surface area contributed by atoms with Gasteiger partial charge in [0, 0.05) is 36.8 Å². The van der Waals surface area contributed by atoms with Gasteiger partial charge >= 0.3 is 18.1 Å². The van der Waals surface area contributed by atoms with Gasteiger partial charge in [0.05, 0.1) is 21.4 Å². The summed E-state index contributed by atoms with van der Waals surface area (Å²) in [5, 5.41) is 3.06. The van der Waals surface area contributed by atoms with Crippen LogP contribution in [-0.4, -0.2) is 36.1 Å². The van der Waals surface area contributed by atoms with E-state index in [0.29, 0.717) is 32.9 Å². The van der Waals surface area contributed by atoms with E-state index in [0.717, 1.165) is 12.1 Å². The predicted octanol–water partition coefficient (Wildman–Crippen LogP) is 7.48. The SMILES string of the molecule is O=C1NCc2c(-c3ccc(F)cc3F)cc(C3=CCN(C(=O)C(F)(F)F)CC3)cc2N1c1c(Cl)cccc1Cl. The van der Waals surface area contributed by atoms with E-state index >= 15 is 4.39 Å². The highest BCUT2D eigenvalue weighted by molar-refractivity contribution is 6.40. The highest BCUT2D eigenvalue weighted by atomic mass is 35.5. The highest BCUT2D eigenvalue weighted by Crippen LogP contribution is 2.45. The Morgan fingerprint density at radius 1 is 0.974 bits per heavy atom. The molecular formula is C27H18Cl2F5N3O2. The van der Waals surface area contributed by atoms with E-state index in [9.17, 15) is 27.2 Å². The number of amides is 3. The van der Waals surface area contributed by atoms with Crippen LogP contribution in [0.3, 0.4) is 0 Å². The minimum atomic E-state index is -4.99. The minimum absolute atomic E-state index is 0.00603. The second-order valence-corrected chi connectivity index (χ2v) is 9.75. The summed E-state index contributed by atoms with van der Waals surface area (Å²) in [4.78, 5) is 26.7. The number of alkyl halides is 3. The van der Waals surface area contributed by atoms with Crippen LogP contribution in [0.4, 0.5) is 38.1 Å². The second kappa shape index (κ2) is 10.2. The Morgan fingerprint density at radius 2 is 1.69 bits per heavy atom.